The minimum atomic E-state index is -0.189. The summed E-state index contributed by atoms with van der Waals surface area (Å²) in [6, 6.07) is 12.6. The molecule has 2 aromatic rings. The zero-order chi connectivity index (χ0) is 21.5. The first-order valence-corrected chi connectivity index (χ1v) is 9.84. The van der Waals surface area contributed by atoms with Crippen LogP contribution in [0.1, 0.15) is 13.8 Å². The Balaban J connectivity index is 1.60. The van der Waals surface area contributed by atoms with Crippen LogP contribution in [0.15, 0.2) is 42.5 Å². The Morgan fingerprint density at radius 3 is 2.63 bits per heavy atom. The molecule has 0 saturated carbocycles. The van der Waals surface area contributed by atoms with E-state index in [2.05, 4.69) is 10.6 Å². The summed E-state index contributed by atoms with van der Waals surface area (Å²) in [4.78, 5) is 25.9. The summed E-state index contributed by atoms with van der Waals surface area (Å²) in [6.07, 6.45) is -0.162. The summed E-state index contributed by atoms with van der Waals surface area (Å²) in [5, 5.41) is 5.56. The molecule has 1 unspecified atom stereocenters. The van der Waals surface area contributed by atoms with Gasteiger partial charge in [0.25, 0.3) is 0 Å². The van der Waals surface area contributed by atoms with E-state index in [1.165, 1.54) is 14.0 Å². The Morgan fingerprint density at radius 1 is 1.17 bits per heavy atom. The summed E-state index contributed by atoms with van der Waals surface area (Å²) >= 11 is 0. The number of hydrogen-bond acceptors (Lipinski definition) is 6. The molecule has 2 aromatic carbocycles. The van der Waals surface area contributed by atoms with Gasteiger partial charge < -0.3 is 24.8 Å². The molecular formula is C22H27N3O5. The van der Waals surface area contributed by atoms with E-state index in [0.29, 0.717) is 42.6 Å². The van der Waals surface area contributed by atoms with Crippen molar-refractivity contribution in [2.24, 2.45) is 0 Å². The van der Waals surface area contributed by atoms with Gasteiger partial charge in [0.2, 0.25) is 11.8 Å². The molecule has 0 aromatic heterocycles. The molecule has 8 heteroatoms. The lowest BCUT2D eigenvalue weighted by atomic mass is 10.2. The van der Waals surface area contributed by atoms with E-state index >= 15 is 0 Å². The van der Waals surface area contributed by atoms with Crippen LogP contribution >= 0.6 is 0 Å². The number of rotatable bonds is 8. The summed E-state index contributed by atoms with van der Waals surface area (Å²) < 4.78 is 17.1. The van der Waals surface area contributed by atoms with Crippen molar-refractivity contribution in [3.63, 3.8) is 0 Å². The lowest BCUT2D eigenvalue weighted by Crippen LogP contribution is -2.43. The number of fused-ring (bicyclic) bond motifs is 1. The molecule has 1 aliphatic rings. The third kappa shape index (κ3) is 5.64. The van der Waals surface area contributed by atoms with E-state index < -0.39 is 0 Å². The molecule has 0 radical (unpaired) electrons. The molecule has 160 valence electrons. The molecule has 8 nitrogen and oxygen atoms in total. The van der Waals surface area contributed by atoms with Gasteiger partial charge in [-0.15, -0.1) is 0 Å². The van der Waals surface area contributed by atoms with Crippen LogP contribution in [0, 0.1) is 0 Å². The number of amides is 2. The van der Waals surface area contributed by atoms with Crippen LogP contribution in [0.4, 0.5) is 11.4 Å². The topological polar surface area (TPSA) is 89.1 Å². The second-order valence-corrected chi connectivity index (χ2v) is 6.97. The maximum atomic E-state index is 12.7. The summed E-state index contributed by atoms with van der Waals surface area (Å²) in [5.41, 5.74) is 1.08. The summed E-state index contributed by atoms with van der Waals surface area (Å²) in [5.74, 6) is 1.59. The zero-order valence-electron chi connectivity index (χ0n) is 17.4. The Labute approximate surface area is 176 Å². The Bertz CT molecular complexity index is 902. The largest absolute Gasteiger partial charge is 0.495 e. The van der Waals surface area contributed by atoms with Crippen LogP contribution in [0.25, 0.3) is 0 Å². The van der Waals surface area contributed by atoms with Gasteiger partial charge in [-0.3, -0.25) is 14.5 Å². The number of carbonyl (C=O) groups is 2. The SMILES string of the molecule is CCN(CC(=O)Nc1cc(NC(C)=O)ccc1OC)CC1COc2ccccc2O1. The lowest BCUT2D eigenvalue weighted by Gasteiger charge is -2.30. The van der Waals surface area contributed by atoms with Crippen LogP contribution in [0.3, 0.4) is 0 Å². The van der Waals surface area contributed by atoms with Gasteiger partial charge in [-0.05, 0) is 36.9 Å². The molecule has 2 amide bonds. The lowest BCUT2D eigenvalue weighted by molar-refractivity contribution is -0.117. The van der Waals surface area contributed by atoms with E-state index in [1.54, 1.807) is 18.2 Å². The molecule has 3 rings (SSSR count). The number of nitrogens with zero attached hydrogens (tertiary/aromatic N) is 1. The number of nitrogens with one attached hydrogen (secondary N) is 2. The number of benzene rings is 2. The van der Waals surface area contributed by atoms with E-state index in [4.69, 9.17) is 14.2 Å². The Morgan fingerprint density at radius 2 is 1.93 bits per heavy atom. The Kier molecular flexibility index (Phi) is 7.13. The van der Waals surface area contributed by atoms with Crippen molar-refractivity contribution in [1.29, 1.82) is 0 Å². The van der Waals surface area contributed by atoms with E-state index in [0.717, 1.165) is 5.75 Å². The second kappa shape index (κ2) is 9.98. The minimum absolute atomic E-state index is 0.162. The molecule has 0 saturated heterocycles. The van der Waals surface area contributed by atoms with Crippen molar-refractivity contribution in [3.8, 4) is 17.2 Å². The fourth-order valence-electron chi connectivity index (χ4n) is 3.23. The average molecular weight is 413 g/mol. The van der Waals surface area contributed by atoms with Crippen molar-refractivity contribution in [2.75, 3.05) is 44.0 Å². The van der Waals surface area contributed by atoms with E-state index in [1.807, 2.05) is 36.1 Å². The van der Waals surface area contributed by atoms with Crippen LogP contribution in [-0.2, 0) is 9.59 Å². The smallest absolute Gasteiger partial charge is 0.238 e. The molecule has 30 heavy (non-hydrogen) atoms. The molecule has 1 aliphatic heterocycles. The number of likely N-dealkylation sites (N-methyl/N-ethyl adjacent to an activating group) is 1. The van der Waals surface area contributed by atoms with Gasteiger partial charge in [0.1, 0.15) is 18.5 Å². The molecule has 1 heterocycles. The number of hydrogen-bond donors (Lipinski definition) is 2. The van der Waals surface area contributed by atoms with Gasteiger partial charge in [0, 0.05) is 19.2 Å². The second-order valence-electron chi connectivity index (χ2n) is 6.97. The number of methoxy groups -OCH3 is 1. The predicted octanol–water partition coefficient (Wildman–Crippen LogP) is 2.75. The quantitative estimate of drug-likeness (QED) is 0.692. The normalized spacial score (nSPS) is 14.9. The van der Waals surface area contributed by atoms with Crippen LogP contribution in [0.2, 0.25) is 0 Å². The minimum Gasteiger partial charge on any atom is -0.495 e. The highest BCUT2D eigenvalue weighted by Gasteiger charge is 2.23. The molecule has 0 aliphatic carbocycles. The molecule has 0 fully saturated rings. The monoisotopic (exact) mass is 413 g/mol. The van der Waals surface area contributed by atoms with Crippen molar-refractivity contribution < 1.29 is 23.8 Å². The zero-order valence-corrected chi connectivity index (χ0v) is 17.4. The highest BCUT2D eigenvalue weighted by Crippen LogP contribution is 2.31. The van der Waals surface area contributed by atoms with Gasteiger partial charge in [-0.1, -0.05) is 19.1 Å². The summed E-state index contributed by atoms with van der Waals surface area (Å²) in [7, 11) is 1.53. The van der Waals surface area contributed by atoms with Gasteiger partial charge >= 0.3 is 0 Å². The maximum Gasteiger partial charge on any atom is 0.238 e. The molecule has 0 bridgehead atoms. The number of ether oxygens (including phenoxy) is 3. The van der Waals surface area contributed by atoms with Crippen molar-refractivity contribution in [3.05, 3.63) is 42.5 Å². The van der Waals surface area contributed by atoms with Crippen LogP contribution in [0.5, 0.6) is 17.2 Å². The molecule has 2 N–H and O–H groups in total. The van der Waals surface area contributed by atoms with Gasteiger partial charge in [0.15, 0.2) is 11.5 Å². The van der Waals surface area contributed by atoms with Crippen LogP contribution in [-0.4, -0.2) is 56.2 Å². The Hall–Kier alpha value is -3.26. The van der Waals surface area contributed by atoms with Gasteiger partial charge in [-0.25, -0.2) is 0 Å². The number of para-hydroxylation sites is 2. The molecule has 0 spiro atoms. The standard InChI is InChI=1S/C22H27N3O5/c1-4-25(12-17-14-29-20-7-5-6-8-21(20)30-17)13-22(27)24-18-11-16(23-15(2)26)9-10-19(18)28-3/h5-11,17H,4,12-14H2,1-3H3,(H,23,26)(H,24,27). The number of anilines is 2. The predicted molar refractivity (Wildman–Crippen MR) is 114 cm³/mol. The highest BCUT2D eigenvalue weighted by molar-refractivity contribution is 5.95. The van der Waals surface area contributed by atoms with Crippen molar-refractivity contribution >= 4 is 23.2 Å². The average Bonchev–Trinajstić information content (AvgIpc) is 2.73. The highest BCUT2D eigenvalue weighted by atomic mass is 16.6. The molecule has 1 atom stereocenters. The van der Waals surface area contributed by atoms with Crippen LogP contribution < -0.4 is 24.8 Å². The first-order valence-electron chi connectivity index (χ1n) is 9.84. The number of carbonyl (C=O) groups excluding carboxylic acids is 2. The van der Waals surface area contributed by atoms with Crippen molar-refractivity contribution in [2.45, 2.75) is 20.0 Å². The summed E-state index contributed by atoms with van der Waals surface area (Å²) in [6.45, 7) is 5.27. The third-order valence-corrected chi connectivity index (χ3v) is 4.64. The fourth-order valence-corrected chi connectivity index (χ4v) is 3.23. The molecular weight excluding hydrogens is 386 g/mol. The van der Waals surface area contributed by atoms with E-state index in [-0.39, 0.29) is 24.5 Å². The first-order chi connectivity index (χ1) is 14.5. The van der Waals surface area contributed by atoms with Gasteiger partial charge in [-0.2, -0.15) is 0 Å². The first kappa shape index (κ1) is 21.4. The third-order valence-electron chi connectivity index (χ3n) is 4.64. The van der Waals surface area contributed by atoms with Crippen molar-refractivity contribution in [1.82, 2.24) is 4.90 Å². The van der Waals surface area contributed by atoms with Gasteiger partial charge in [0.05, 0.1) is 19.3 Å². The maximum absolute atomic E-state index is 12.7. The van der Waals surface area contributed by atoms with E-state index in [9.17, 15) is 9.59 Å². The fraction of sp³-hybridized carbons (Fsp3) is 0.364.